The Bertz CT molecular complexity index is 488. The lowest BCUT2D eigenvalue weighted by Gasteiger charge is -2.13. The molecule has 98 valence electrons. The fourth-order valence-corrected chi connectivity index (χ4v) is 1.93. The Morgan fingerprint density at radius 1 is 1.67 bits per heavy atom. The molecule has 1 atom stereocenters. The van der Waals surface area contributed by atoms with Crippen LogP contribution >= 0.6 is 31.9 Å². The number of ether oxygens (including phenoxy) is 1. The van der Waals surface area contributed by atoms with E-state index in [4.69, 9.17) is 4.74 Å². The van der Waals surface area contributed by atoms with Gasteiger partial charge in [0.1, 0.15) is 6.61 Å². The predicted octanol–water partition coefficient (Wildman–Crippen LogP) is 3.70. The predicted molar refractivity (Wildman–Crippen MR) is 75.0 cm³/mol. The molecular weight excluding hydrogens is 370 g/mol. The topological polar surface area (TPSA) is 72.6 Å². The minimum Gasteiger partial charge on any atom is -0.481 e. The van der Waals surface area contributed by atoms with Crippen molar-refractivity contribution in [1.82, 2.24) is 0 Å². The van der Waals surface area contributed by atoms with Gasteiger partial charge < -0.3 is 9.84 Å². The number of aliphatic hydroxyl groups is 1. The largest absolute Gasteiger partial charge is 0.481 e. The van der Waals surface area contributed by atoms with E-state index >= 15 is 0 Å². The van der Waals surface area contributed by atoms with Gasteiger partial charge in [-0.15, -0.1) is 0 Å². The fraction of sp³-hybridized carbons (Fsp3) is 0.273. The average Bonchev–Trinajstić information content (AvgIpc) is 2.25. The van der Waals surface area contributed by atoms with E-state index < -0.39 is 11.0 Å². The zero-order valence-corrected chi connectivity index (χ0v) is 12.7. The van der Waals surface area contributed by atoms with Crippen LogP contribution in [0.3, 0.4) is 0 Å². The number of nitro groups is 1. The van der Waals surface area contributed by atoms with Crippen LogP contribution in [0.4, 0.5) is 5.69 Å². The zero-order chi connectivity index (χ0) is 13.9. The van der Waals surface area contributed by atoms with Crippen LogP contribution in [0, 0.1) is 10.1 Å². The van der Waals surface area contributed by atoms with Gasteiger partial charge in [-0.25, -0.2) is 0 Å². The average molecular weight is 381 g/mol. The summed E-state index contributed by atoms with van der Waals surface area (Å²) in [4.78, 5) is 10.4. The normalized spacial score (nSPS) is 12.0. The van der Waals surface area contributed by atoms with Crippen LogP contribution in [0.25, 0.3) is 0 Å². The zero-order valence-electron chi connectivity index (χ0n) is 9.52. The van der Waals surface area contributed by atoms with Crippen LogP contribution in [0.15, 0.2) is 27.7 Å². The molecule has 0 saturated carbocycles. The molecule has 7 heteroatoms. The molecule has 0 aromatic heterocycles. The lowest BCUT2D eigenvalue weighted by Crippen LogP contribution is -2.05. The molecule has 0 unspecified atom stereocenters. The third-order valence-electron chi connectivity index (χ3n) is 2.08. The minimum absolute atomic E-state index is 0.0544. The van der Waals surface area contributed by atoms with Crippen molar-refractivity contribution in [2.24, 2.45) is 0 Å². The summed E-state index contributed by atoms with van der Waals surface area (Å²) in [5.41, 5.74) is 0.152. The van der Waals surface area contributed by atoms with E-state index in [-0.39, 0.29) is 18.0 Å². The number of aliphatic hydroxyl groups excluding tert-OH is 1. The molecule has 0 amide bonds. The summed E-state index contributed by atoms with van der Waals surface area (Å²) in [7, 11) is 0. The number of nitrogens with zero attached hydrogens (tertiary/aromatic N) is 1. The molecule has 0 spiro atoms. The highest BCUT2D eigenvalue weighted by Gasteiger charge is 2.23. The van der Waals surface area contributed by atoms with Gasteiger partial charge in [-0.05, 0) is 13.0 Å². The minimum atomic E-state index is -0.875. The third kappa shape index (κ3) is 3.79. The molecule has 1 rings (SSSR count). The first-order valence-corrected chi connectivity index (χ1v) is 6.53. The Labute approximate surface area is 121 Å². The van der Waals surface area contributed by atoms with Gasteiger partial charge in [0.15, 0.2) is 0 Å². The van der Waals surface area contributed by atoms with Gasteiger partial charge in [0, 0.05) is 20.6 Å². The van der Waals surface area contributed by atoms with Crippen molar-refractivity contribution in [3.63, 3.8) is 0 Å². The molecule has 0 radical (unpaired) electrons. The molecule has 0 aliphatic heterocycles. The molecule has 1 N–H and O–H groups in total. The van der Waals surface area contributed by atoms with Crippen molar-refractivity contribution in [3.05, 3.63) is 43.3 Å². The molecule has 0 fully saturated rings. The summed E-state index contributed by atoms with van der Waals surface area (Å²) in [6, 6.07) is 2.92. The maximum atomic E-state index is 11.0. The molecule has 1 aromatic carbocycles. The Morgan fingerprint density at radius 2 is 2.28 bits per heavy atom. The first-order valence-electron chi connectivity index (χ1n) is 4.95. The van der Waals surface area contributed by atoms with E-state index in [9.17, 15) is 15.2 Å². The first-order chi connectivity index (χ1) is 8.32. The Hall–Kier alpha value is -0.920. The quantitative estimate of drug-likeness (QED) is 0.624. The first kappa shape index (κ1) is 15.1. The SMILES string of the molecule is C=C(Br)COc1c([C@@H](C)O)cc(Br)cc1[N+](=O)[O-]. The summed E-state index contributed by atoms with van der Waals surface area (Å²) in [5, 5.41) is 20.6. The number of nitro benzene ring substituents is 1. The lowest BCUT2D eigenvalue weighted by atomic mass is 10.1. The van der Waals surface area contributed by atoms with E-state index in [1.54, 1.807) is 6.07 Å². The van der Waals surface area contributed by atoms with Crippen molar-refractivity contribution in [3.8, 4) is 5.75 Å². The van der Waals surface area contributed by atoms with Crippen LogP contribution in [0.1, 0.15) is 18.6 Å². The van der Waals surface area contributed by atoms with Crippen molar-refractivity contribution < 1.29 is 14.8 Å². The van der Waals surface area contributed by atoms with Crippen LogP contribution in [-0.2, 0) is 0 Å². The summed E-state index contributed by atoms with van der Waals surface area (Å²) < 4.78 is 6.40. The smallest absolute Gasteiger partial charge is 0.312 e. The molecular formula is C11H11Br2NO4. The summed E-state index contributed by atoms with van der Waals surface area (Å²) in [6.07, 6.45) is -0.875. The van der Waals surface area contributed by atoms with Gasteiger partial charge in [0.2, 0.25) is 5.75 Å². The van der Waals surface area contributed by atoms with E-state index in [0.29, 0.717) is 14.5 Å². The maximum absolute atomic E-state index is 11.0. The number of rotatable bonds is 5. The molecule has 0 aliphatic rings. The Morgan fingerprint density at radius 3 is 2.72 bits per heavy atom. The van der Waals surface area contributed by atoms with E-state index in [2.05, 4.69) is 38.4 Å². The molecule has 0 bridgehead atoms. The second kappa shape index (κ2) is 6.31. The molecule has 0 saturated heterocycles. The summed E-state index contributed by atoms with van der Waals surface area (Å²) >= 11 is 6.27. The van der Waals surface area contributed by atoms with Crippen LogP contribution in [0.5, 0.6) is 5.75 Å². The maximum Gasteiger partial charge on any atom is 0.312 e. The highest BCUT2D eigenvalue weighted by atomic mass is 79.9. The van der Waals surface area contributed by atoms with Crippen molar-refractivity contribution >= 4 is 37.5 Å². The number of hydrogen-bond acceptors (Lipinski definition) is 4. The number of hydrogen-bond donors (Lipinski definition) is 1. The van der Waals surface area contributed by atoms with Gasteiger partial charge in [-0.2, -0.15) is 0 Å². The second-order valence-electron chi connectivity index (χ2n) is 3.58. The molecule has 5 nitrogen and oxygen atoms in total. The van der Waals surface area contributed by atoms with Gasteiger partial charge in [-0.3, -0.25) is 10.1 Å². The van der Waals surface area contributed by atoms with Crippen molar-refractivity contribution in [2.45, 2.75) is 13.0 Å². The Kier molecular flexibility index (Phi) is 5.30. The third-order valence-corrected chi connectivity index (χ3v) is 2.77. The van der Waals surface area contributed by atoms with E-state index in [1.165, 1.54) is 13.0 Å². The van der Waals surface area contributed by atoms with Gasteiger partial charge in [0.25, 0.3) is 0 Å². The number of benzene rings is 1. The monoisotopic (exact) mass is 379 g/mol. The fourth-order valence-electron chi connectivity index (χ4n) is 1.35. The summed E-state index contributed by atoms with van der Waals surface area (Å²) in [5.74, 6) is 0.0544. The standard InChI is InChI=1S/C11H11Br2NO4/c1-6(12)5-18-11-9(7(2)15)3-8(13)4-10(11)14(16)17/h3-4,7,15H,1,5H2,2H3/t7-/m1/s1. The molecule has 0 heterocycles. The Balaban J connectivity index is 3.31. The number of halogens is 2. The highest BCUT2D eigenvalue weighted by molar-refractivity contribution is 9.11. The van der Waals surface area contributed by atoms with Gasteiger partial charge >= 0.3 is 5.69 Å². The van der Waals surface area contributed by atoms with Crippen molar-refractivity contribution in [2.75, 3.05) is 6.61 Å². The van der Waals surface area contributed by atoms with Crippen molar-refractivity contribution in [1.29, 1.82) is 0 Å². The van der Waals surface area contributed by atoms with E-state index in [1.807, 2.05) is 0 Å². The van der Waals surface area contributed by atoms with Crippen LogP contribution in [0.2, 0.25) is 0 Å². The second-order valence-corrected chi connectivity index (χ2v) is 5.62. The molecule has 1 aromatic rings. The van der Waals surface area contributed by atoms with Crippen LogP contribution < -0.4 is 4.74 Å². The van der Waals surface area contributed by atoms with E-state index in [0.717, 1.165) is 0 Å². The van der Waals surface area contributed by atoms with Crippen LogP contribution in [-0.4, -0.2) is 16.6 Å². The lowest BCUT2D eigenvalue weighted by molar-refractivity contribution is -0.386. The van der Waals surface area contributed by atoms with Gasteiger partial charge in [-0.1, -0.05) is 38.4 Å². The van der Waals surface area contributed by atoms with Gasteiger partial charge in [0.05, 0.1) is 11.0 Å². The molecule has 0 aliphatic carbocycles. The molecule has 18 heavy (non-hydrogen) atoms. The summed E-state index contributed by atoms with van der Waals surface area (Å²) in [6.45, 7) is 5.19. The highest BCUT2D eigenvalue weighted by Crippen LogP contribution is 2.38.